The Kier molecular flexibility index (Phi) is 5.89. The highest BCUT2D eigenvalue weighted by atomic mass is 19.1. The monoisotopic (exact) mass is 264 g/mol. The van der Waals surface area contributed by atoms with Gasteiger partial charge in [-0.05, 0) is 12.1 Å². The van der Waals surface area contributed by atoms with Gasteiger partial charge >= 0.3 is 5.97 Å². The normalized spacial score (nSPS) is 10.5. The summed E-state index contributed by atoms with van der Waals surface area (Å²) in [6, 6.07) is 8.62. The van der Waals surface area contributed by atoms with Gasteiger partial charge in [0.1, 0.15) is 25.1 Å². The second-order valence-electron chi connectivity index (χ2n) is 3.37. The predicted molar refractivity (Wildman–Crippen MR) is 67.2 cm³/mol. The molecule has 5 nitrogen and oxygen atoms in total. The first-order valence-corrected chi connectivity index (χ1v) is 5.45. The number of nitrogens with one attached hydrogen (secondary N) is 1. The standard InChI is InChI=1S/C13H13FN2O3/c1-18-12-4-2-3-11(7-12)16-9-10(8-15)13(17)19-6-5-14/h2-4,7,9,16H,5-6H2,1H3. The lowest BCUT2D eigenvalue weighted by atomic mass is 10.3. The molecule has 1 aromatic carbocycles. The summed E-state index contributed by atoms with van der Waals surface area (Å²) in [6.07, 6.45) is 1.20. The van der Waals surface area contributed by atoms with E-state index >= 15 is 0 Å². The van der Waals surface area contributed by atoms with Crippen molar-refractivity contribution < 1.29 is 18.7 Å². The molecule has 0 amide bonds. The molecule has 0 aliphatic carbocycles. The molecule has 0 heterocycles. The summed E-state index contributed by atoms with van der Waals surface area (Å²) in [7, 11) is 1.53. The molecule has 100 valence electrons. The number of rotatable bonds is 6. The molecule has 0 fully saturated rings. The quantitative estimate of drug-likeness (QED) is 0.483. The van der Waals surface area contributed by atoms with Crippen molar-refractivity contribution >= 4 is 11.7 Å². The first-order valence-electron chi connectivity index (χ1n) is 5.45. The lowest BCUT2D eigenvalue weighted by Crippen LogP contribution is -2.10. The molecular formula is C13H13FN2O3. The average Bonchev–Trinajstić information content (AvgIpc) is 2.45. The molecule has 19 heavy (non-hydrogen) atoms. The van der Waals surface area contributed by atoms with E-state index in [1.54, 1.807) is 30.3 Å². The number of anilines is 1. The molecule has 1 aromatic rings. The fourth-order valence-corrected chi connectivity index (χ4v) is 1.21. The highest BCUT2D eigenvalue weighted by Gasteiger charge is 2.09. The highest BCUT2D eigenvalue weighted by molar-refractivity contribution is 5.93. The zero-order valence-electron chi connectivity index (χ0n) is 10.4. The summed E-state index contributed by atoms with van der Waals surface area (Å²) in [6.45, 7) is -1.15. The predicted octanol–water partition coefficient (Wildman–Crippen LogP) is 2.03. The number of nitrogens with zero attached hydrogens (tertiary/aromatic N) is 1. The maximum Gasteiger partial charge on any atom is 0.350 e. The third-order valence-corrected chi connectivity index (χ3v) is 2.10. The number of nitriles is 1. The van der Waals surface area contributed by atoms with Crippen LogP contribution in [0.15, 0.2) is 36.0 Å². The lowest BCUT2D eigenvalue weighted by molar-refractivity contribution is -0.138. The van der Waals surface area contributed by atoms with E-state index < -0.39 is 12.6 Å². The molecule has 1 rings (SSSR count). The molecule has 0 aliphatic heterocycles. The van der Waals surface area contributed by atoms with Crippen molar-refractivity contribution in [3.63, 3.8) is 0 Å². The molecule has 0 bridgehead atoms. The summed E-state index contributed by atoms with van der Waals surface area (Å²) in [5.41, 5.74) is 0.404. The molecule has 0 unspecified atom stereocenters. The van der Waals surface area contributed by atoms with Crippen LogP contribution in [0.25, 0.3) is 0 Å². The van der Waals surface area contributed by atoms with E-state index in [0.29, 0.717) is 11.4 Å². The van der Waals surface area contributed by atoms with Gasteiger partial charge in [-0.15, -0.1) is 0 Å². The maximum absolute atomic E-state index is 11.8. The zero-order chi connectivity index (χ0) is 14.1. The molecule has 0 radical (unpaired) electrons. The van der Waals surface area contributed by atoms with Gasteiger partial charge in [0.25, 0.3) is 0 Å². The Labute approximate surface area is 110 Å². The van der Waals surface area contributed by atoms with Crippen molar-refractivity contribution in [2.24, 2.45) is 0 Å². The number of esters is 1. The Morgan fingerprint density at radius 1 is 1.58 bits per heavy atom. The summed E-state index contributed by atoms with van der Waals surface area (Å²) >= 11 is 0. The number of ether oxygens (including phenoxy) is 2. The number of hydrogen-bond donors (Lipinski definition) is 1. The zero-order valence-corrected chi connectivity index (χ0v) is 10.4. The SMILES string of the molecule is COc1cccc(NC=C(C#N)C(=O)OCCF)c1. The number of halogens is 1. The largest absolute Gasteiger partial charge is 0.497 e. The fourth-order valence-electron chi connectivity index (χ4n) is 1.21. The van der Waals surface area contributed by atoms with Crippen molar-refractivity contribution in [3.05, 3.63) is 36.0 Å². The first-order chi connectivity index (χ1) is 9.21. The summed E-state index contributed by atoms with van der Waals surface area (Å²) in [5.74, 6) is -0.229. The minimum Gasteiger partial charge on any atom is -0.497 e. The molecule has 1 N–H and O–H groups in total. The third-order valence-electron chi connectivity index (χ3n) is 2.10. The smallest absolute Gasteiger partial charge is 0.350 e. The third kappa shape index (κ3) is 4.68. The van der Waals surface area contributed by atoms with E-state index in [-0.39, 0.29) is 12.2 Å². The summed E-state index contributed by atoms with van der Waals surface area (Å²) in [5, 5.41) is 11.6. The number of carbonyl (C=O) groups excluding carboxylic acids is 1. The maximum atomic E-state index is 11.8. The topological polar surface area (TPSA) is 71.3 Å². The molecule has 0 spiro atoms. The molecule has 0 saturated heterocycles. The summed E-state index contributed by atoms with van der Waals surface area (Å²) < 4.78 is 21.4. The molecule has 0 atom stereocenters. The molecular weight excluding hydrogens is 251 g/mol. The molecule has 0 aliphatic rings. The Hall–Kier alpha value is -2.55. The van der Waals surface area contributed by atoms with Crippen molar-refractivity contribution in [2.45, 2.75) is 0 Å². The van der Waals surface area contributed by atoms with Crippen LogP contribution < -0.4 is 10.1 Å². The molecule has 6 heteroatoms. The minimum absolute atomic E-state index is 0.240. The first kappa shape index (κ1) is 14.5. The second kappa shape index (κ2) is 7.71. The molecule has 0 saturated carbocycles. The van der Waals surface area contributed by atoms with Gasteiger partial charge in [-0.3, -0.25) is 0 Å². The molecule has 0 aromatic heterocycles. The van der Waals surface area contributed by atoms with Crippen LogP contribution in [0.5, 0.6) is 5.75 Å². The van der Waals surface area contributed by atoms with Gasteiger partial charge in [-0.2, -0.15) is 5.26 Å². The van der Waals surface area contributed by atoms with Crippen molar-refractivity contribution in [1.82, 2.24) is 0 Å². The van der Waals surface area contributed by atoms with E-state index in [2.05, 4.69) is 10.1 Å². The van der Waals surface area contributed by atoms with Crippen LogP contribution >= 0.6 is 0 Å². The van der Waals surface area contributed by atoms with Gasteiger partial charge in [0.15, 0.2) is 5.57 Å². The number of carbonyl (C=O) groups is 1. The van der Waals surface area contributed by atoms with E-state index in [9.17, 15) is 9.18 Å². The number of benzene rings is 1. The Morgan fingerprint density at radius 3 is 3.00 bits per heavy atom. The van der Waals surface area contributed by atoms with Crippen LogP contribution in [0.1, 0.15) is 0 Å². The Morgan fingerprint density at radius 2 is 2.37 bits per heavy atom. The lowest BCUT2D eigenvalue weighted by Gasteiger charge is -2.05. The van der Waals surface area contributed by atoms with Crippen molar-refractivity contribution in [3.8, 4) is 11.8 Å². The van der Waals surface area contributed by atoms with Crippen LogP contribution in [0.3, 0.4) is 0 Å². The van der Waals surface area contributed by atoms with Crippen LogP contribution in [-0.2, 0) is 9.53 Å². The fraction of sp³-hybridized carbons (Fsp3) is 0.231. The minimum atomic E-state index is -0.865. The van der Waals surface area contributed by atoms with Gasteiger partial charge in [-0.1, -0.05) is 6.07 Å². The van der Waals surface area contributed by atoms with Gasteiger partial charge in [0, 0.05) is 18.0 Å². The van der Waals surface area contributed by atoms with Gasteiger partial charge in [0.2, 0.25) is 0 Å². The second-order valence-corrected chi connectivity index (χ2v) is 3.37. The number of hydrogen-bond acceptors (Lipinski definition) is 5. The van der Waals surface area contributed by atoms with Crippen LogP contribution in [0, 0.1) is 11.3 Å². The summed E-state index contributed by atoms with van der Waals surface area (Å²) in [4.78, 5) is 11.3. The van der Waals surface area contributed by atoms with Gasteiger partial charge in [0.05, 0.1) is 7.11 Å². The van der Waals surface area contributed by atoms with Crippen molar-refractivity contribution in [1.29, 1.82) is 5.26 Å². The number of methoxy groups -OCH3 is 1. The highest BCUT2D eigenvalue weighted by Crippen LogP contribution is 2.16. The van der Waals surface area contributed by atoms with E-state index in [1.165, 1.54) is 13.3 Å². The van der Waals surface area contributed by atoms with Crippen LogP contribution in [-0.4, -0.2) is 26.4 Å². The Balaban J connectivity index is 2.71. The van der Waals surface area contributed by atoms with Gasteiger partial charge < -0.3 is 14.8 Å². The van der Waals surface area contributed by atoms with Crippen LogP contribution in [0.4, 0.5) is 10.1 Å². The number of alkyl halides is 1. The van der Waals surface area contributed by atoms with E-state index in [4.69, 9.17) is 10.00 Å². The average molecular weight is 264 g/mol. The Bertz CT molecular complexity index is 509. The van der Waals surface area contributed by atoms with Crippen LogP contribution in [0.2, 0.25) is 0 Å². The van der Waals surface area contributed by atoms with Crippen molar-refractivity contribution in [2.75, 3.05) is 25.7 Å². The van der Waals surface area contributed by atoms with E-state index in [0.717, 1.165) is 0 Å². The van der Waals surface area contributed by atoms with Gasteiger partial charge in [-0.25, -0.2) is 9.18 Å². The van der Waals surface area contributed by atoms with E-state index in [1.807, 2.05) is 0 Å².